The van der Waals surface area contributed by atoms with Crippen LogP contribution in [-0.4, -0.2) is 23.1 Å². The van der Waals surface area contributed by atoms with E-state index in [-0.39, 0.29) is 0 Å². The lowest BCUT2D eigenvalue weighted by molar-refractivity contribution is -0.0559. The molecule has 0 bridgehead atoms. The Hall–Kier alpha value is -2.00. The molecular formula is C15H18N2O. The van der Waals surface area contributed by atoms with Crippen LogP contribution in [0.3, 0.4) is 0 Å². The first-order valence-corrected chi connectivity index (χ1v) is 6.16. The minimum Gasteiger partial charge on any atom is -0.405 e. The van der Waals surface area contributed by atoms with E-state index in [4.69, 9.17) is 4.84 Å². The van der Waals surface area contributed by atoms with E-state index in [1.165, 1.54) is 0 Å². The van der Waals surface area contributed by atoms with Crippen molar-refractivity contribution in [1.29, 1.82) is 0 Å². The van der Waals surface area contributed by atoms with Crippen molar-refractivity contribution in [3.05, 3.63) is 66.5 Å². The molecule has 0 unspecified atom stereocenters. The first kappa shape index (κ1) is 12.5. The highest BCUT2D eigenvalue weighted by atomic mass is 16.7. The van der Waals surface area contributed by atoms with Crippen molar-refractivity contribution in [3.8, 4) is 0 Å². The third-order valence-electron chi connectivity index (χ3n) is 2.61. The fourth-order valence-corrected chi connectivity index (χ4v) is 1.64. The SMILES string of the molecule is CCN1CC=C(c2ccccc2)O1.c1cc[nH]c1. The topological polar surface area (TPSA) is 28.3 Å². The van der Waals surface area contributed by atoms with Gasteiger partial charge in [-0.15, -0.1) is 5.06 Å². The largest absolute Gasteiger partial charge is 0.405 e. The van der Waals surface area contributed by atoms with Gasteiger partial charge in [-0.05, 0) is 25.1 Å². The molecule has 3 nitrogen and oxygen atoms in total. The zero-order valence-corrected chi connectivity index (χ0v) is 10.5. The van der Waals surface area contributed by atoms with E-state index in [0.717, 1.165) is 24.4 Å². The van der Waals surface area contributed by atoms with Crippen LogP contribution in [0.5, 0.6) is 0 Å². The Labute approximate surface area is 108 Å². The Morgan fingerprint density at radius 2 is 1.83 bits per heavy atom. The standard InChI is InChI=1S/C11H13NO.C4H5N/c1-2-12-9-8-11(13-12)10-6-4-3-5-7-10;1-2-4-5-3-1/h3-8H,2,9H2,1H3;1-5H. The Kier molecular flexibility index (Phi) is 4.61. The van der Waals surface area contributed by atoms with Gasteiger partial charge in [0.25, 0.3) is 0 Å². The lowest BCUT2D eigenvalue weighted by atomic mass is 10.2. The molecule has 0 amide bonds. The summed E-state index contributed by atoms with van der Waals surface area (Å²) in [5, 5.41) is 1.93. The number of nitrogens with one attached hydrogen (secondary N) is 1. The van der Waals surface area contributed by atoms with Gasteiger partial charge in [0.05, 0.1) is 6.54 Å². The van der Waals surface area contributed by atoms with Crippen molar-refractivity contribution in [1.82, 2.24) is 10.0 Å². The number of aromatic nitrogens is 1. The average molecular weight is 242 g/mol. The molecule has 2 aromatic rings. The molecule has 0 spiro atoms. The predicted octanol–water partition coefficient (Wildman–Crippen LogP) is 3.31. The van der Waals surface area contributed by atoms with E-state index < -0.39 is 0 Å². The van der Waals surface area contributed by atoms with Crippen LogP contribution in [-0.2, 0) is 4.84 Å². The summed E-state index contributed by atoms with van der Waals surface area (Å²) >= 11 is 0. The number of benzene rings is 1. The van der Waals surface area contributed by atoms with Crippen LogP contribution in [0.4, 0.5) is 0 Å². The minimum atomic E-state index is 0.890. The maximum atomic E-state index is 5.59. The second-order valence-electron chi connectivity index (χ2n) is 3.89. The van der Waals surface area contributed by atoms with Gasteiger partial charge < -0.3 is 9.82 Å². The number of rotatable bonds is 2. The third-order valence-corrected chi connectivity index (χ3v) is 2.61. The molecule has 0 fully saturated rings. The number of H-pyrrole nitrogens is 1. The van der Waals surface area contributed by atoms with Crippen LogP contribution >= 0.6 is 0 Å². The Bertz CT molecular complexity index is 445. The summed E-state index contributed by atoms with van der Waals surface area (Å²) in [7, 11) is 0. The number of hydroxylamine groups is 2. The van der Waals surface area contributed by atoms with Crippen LogP contribution < -0.4 is 0 Å². The monoisotopic (exact) mass is 242 g/mol. The normalized spacial score (nSPS) is 14.4. The maximum absolute atomic E-state index is 5.59. The summed E-state index contributed by atoms with van der Waals surface area (Å²) in [6.07, 6.45) is 5.86. The number of aromatic amines is 1. The molecule has 0 aliphatic carbocycles. The molecule has 0 saturated carbocycles. The van der Waals surface area contributed by atoms with Gasteiger partial charge in [0.1, 0.15) is 0 Å². The maximum Gasteiger partial charge on any atom is 0.152 e. The summed E-state index contributed by atoms with van der Waals surface area (Å²) < 4.78 is 0. The molecule has 3 heteroatoms. The molecule has 0 atom stereocenters. The van der Waals surface area contributed by atoms with Crippen molar-refractivity contribution in [2.45, 2.75) is 6.92 Å². The smallest absolute Gasteiger partial charge is 0.152 e. The van der Waals surface area contributed by atoms with Gasteiger partial charge in [0.2, 0.25) is 0 Å². The molecule has 1 aromatic heterocycles. The summed E-state index contributed by atoms with van der Waals surface area (Å²) in [5.41, 5.74) is 1.15. The van der Waals surface area contributed by atoms with E-state index in [2.05, 4.69) is 30.1 Å². The Morgan fingerprint density at radius 3 is 2.33 bits per heavy atom. The number of hydrogen-bond acceptors (Lipinski definition) is 2. The lowest BCUT2D eigenvalue weighted by Gasteiger charge is -2.13. The number of nitrogens with zero attached hydrogens (tertiary/aromatic N) is 1. The lowest BCUT2D eigenvalue weighted by Crippen LogP contribution is -2.17. The van der Waals surface area contributed by atoms with Gasteiger partial charge in [-0.3, -0.25) is 0 Å². The van der Waals surface area contributed by atoms with E-state index in [1.54, 1.807) is 0 Å². The van der Waals surface area contributed by atoms with Crippen molar-refractivity contribution in [2.24, 2.45) is 0 Å². The summed E-state index contributed by atoms with van der Waals surface area (Å²) in [5.74, 6) is 0.974. The van der Waals surface area contributed by atoms with Gasteiger partial charge in [0, 0.05) is 24.5 Å². The van der Waals surface area contributed by atoms with Crippen LogP contribution in [0.25, 0.3) is 5.76 Å². The predicted molar refractivity (Wildman–Crippen MR) is 73.5 cm³/mol. The minimum absolute atomic E-state index is 0.890. The molecule has 0 radical (unpaired) electrons. The fourth-order valence-electron chi connectivity index (χ4n) is 1.64. The Balaban J connectivity index is 0.000000202. The fraction of sp³-hybridized carbons (Fsp3) is 0.200. The van der Waals surface area contributed by atoms with E-state index in [1.807, 2.05) is 47.8 Å². The number of likely N-dealkylation sites (N-methyl/N-ethyl adjacent to an activating group) is 1. The highest BCUT2D eigenvalue weighted by molar-refractivity contribution is 5.60. The Morgan fingerprint density at radius 1 is 1.11 bits per heavy atom. The van der Waals surface area contributed by atoms with Crippen molar-refractivity contribution in [3.63, 3.8) is 0 Å². The molecule has 1 aliphatic heterocycles. The molecule has 1 aliphatic rings. The van der Waals surface area contributed by atoms with E-state index in [0.29, 0.717) is 0 Å². The van der Waals surface area contributed by atoms with Crippen LogP contribution in [0.1, 0.15) is 12.5 Å². The highest BCUT2D eigenvalue weighted by Crippen LogP contribution is 2.21. The van der Waals surface area contributed by atoms with Crippen molar-refractivity contribution < 1.29 is 4.84 Å². The first-order valence-electron chi connectivity index (χ1n) is 6.16. The first-order chi connectivity index (χ1) is 8.90. The van der Waals surface area contributed by atoms with Gasteiger partial charge in [-0.2, -0.15) is 0 Å². The molecule has 18 heavy (non-hydrogen) atoms. The second kappa shape index (κ2) is 6.67. The van der Waals surface area contributed by atoms with Gasteiger partial charge in [0.15, 0.2) is 5.76 Å². The molecule has 0 saturated heterocycles. The summed E-state index contributed by atoms with van der Waals surface area (Å²) in [4.78, 5) is 8.45. The second-order valence-corrected chi connectivity index (χ2v) is 3.89. The zero-order chi connectivity index (χ0) is 12.6. The summed E-state index contributed by atoms with van der Waals surface area (Å²) in [6, 6.07) is 14.1. The quantitative estimate of drug-likeness (QED) is 0.875. The van der Waals surface area contributed by atoms with Crippen molar-refractivity contribution >= 4 is 5.76 Å². The molecule has 94 valence electrons. The van der Waals surface area contributed by atoms with Crippen LogP contribution in [0, 0.1) is 0 Å². The highest BCUT2D eigenvalue weighted by Gasteiger charge is 2.14. The van der Waals surface area contributed by atoms with Crippen LogP contribution in [0.2, 0.25) is 0 Å². The molecule has 2 heterocycles. The van der Waals surface area contributed by atoms with Crippen molar-refractivity contribution in [2.75, 3.05) is 13.1 Å². The number of hydrogen-bond donors (Lipinski definition) is 1. The zero-order valence-electron chi connectivity index (χ0n) is 10.5. The van der Waals surface area contributed by atoms with Gasteiger partial charge in [-0.1, -0.05) is 30.3 Å². The third kappa shape index (κ3) is 3.50. The van der Waals surface area contributed by atoms with Crippen LogP contribution in [0.15, 0.2) is 60.9 Å². The molecule has 3 rings (SSSR count). The van der Waals surface area contributed by atoms with Gasteiger partial charge >= 0.3 is 0 Å². The van der Waals surface area contributed by atoms with E-state index in [9.17, 15) is 0 Å². The summed E-state index contributed by atoms with van der Waals surface area (Å²) in [6.45, 7) is 3.90. The van der Waals surface area contributed by atoms with E-state index >= 15 is 0 Å². The van der Waals surface area contributed by atoms with Gasteiger partial charge in [-0.25, -0.2) is 0 Å². The molecular weight excluding hydrogens is 224 g/mol. The average Bonchev–Trinajstić information content (AvgIpc) is 3.14. The molecule has 1 aromatic carbocycles. The molecule has 1 N–H and O–H groups in total.